The molecule has 102 valence electrons. The Morgan fingerprint density at radius 1 is 1.44 bits per heavy atom. The van der Waals surface area contributed by atoms with E-state index < -0.39 is 15.9 Å². The molecule has 0 fully saturated rings. The standard InChI is InChI=1S/C12H16BrFO3S/c1-2-18(16,17)7-3-4-12(15)10-6-5-9(14)8-11(10)13/h5-6,8,12,15H,2-4,7H2,1H3. The molecule has 0 spiro atoms. The van der Waals surface area contributed by atoms with Crippen LogP contribution in [0.5, 0.6) is 0 Å². The van der Waals surface area contributed by atoms with E-state index in [0.29, 0.717) is 22.9 Å². The highest BCUT2D eigenvalue weighted by atomic mass is 79.9. The first-order valence-corrected chi connectivity index (χ1v) is 8.30. The summed E-state index contributed by atoms with van der Waals surface area (Å²) in [5, 5.41) is 9.91. The molecule has 1 unspecified atom stereocenters. The van der Waals surface area contributed by atoms with Gasteiger partial charge >= 0.3 is 0 Å². The molecule has 6 heteroatoms. The maximum absolute atomic E-state index is 12.9. The minimum atomic E-state index is -3.00. The van der Waals surface area contributed by atoms with Crippen molar-refractivity contribution in [2.45, 2.75) is 25.9 Å². The maximum atomic E-state index is 12.9. The van der Waals surface area contributed by atoms with Crippen LogP contribution < -0.4 is 0 Å². The van der Waals surface area contributed by atoms with Crippen LogP contribution in [0.4, 0.5) is 4.39 Å². The molecule has 1 atom stereocenters. The van der Waals surface area contributed by atoms with Gasteiger partial charge in [0.25, 0.3) is 0 Å². The molecule has 0 aliphatic rings. The van der Waals surface area contributed by atoms with Gasteiger partial charge < -0.3 is 5.11 Å². The Balaban J connectivity index is 2.58. The van der Waals surface area contributed by atoms with Crippen molar-refractivity contribution in [3.8, 4) is 0 Å². The second-order valence-electron chi connectivity index (χ2n) is 4.06. The Morgan fingerprint density at radius 2 is 2.11 bits per heavy atom. The van der Waals surface area contributed by atoms with Gasteiger partial charge in [-0.25, -0.2) is 12.8 Å². The van der Waals surface area contributed by atoms with Crippen LogP contribution in [-0.2, 0) is 9.84 Å². The summed E-state index contributed by atoms with van der Waals surface area (Å²) < 4.78 is 35.9. The quantitative estimate of drug-likeness (QED) is 0.867. The van der Waals surface area contributed by atoms with Crippen molar-refractivity contribution >= 4 is 25.8 Å². The normalized spacial score (nSPS) is 13.6. The molecule has 0 amide bonds. The first-order chi connectivity index (χ1) is 8.35. The average Bonchev–Trinajstić information content (AvgIpc) is 2.28. The molecule has 1 N–H and O–H groups in total. The molecule has 0 saturated heterocycles. The minimum Gasteiger partial charge on any atom is -0.388 e. The summed E-state index contributed by atoms with van der Waals surface area (Å²) in [4.78, 5) is 0. The van der Waals surface area contributed by atoms with E-state index in [1.165, 1.54) is 18.2 Å². The van der Waals surface area contributed by atoms with E-state index in [9.17, 15) is 17.9 Å². The third kappa shape index (κ3) is 4.66. The lowest BCUT2D eigenvalue weighted by molar-refractivity contribution is 0.166. The minimum absolute atomic E-state index is 0.0688. The van der Waals surface area contributed by atoms with Gasteiger partial charge in [-0.2, -0.15) is 0 Å². The zero-order chi connectivity index (χ0) is 13.8. The first-order valence-electron chi connectivity index (χ1n) is 5.69. The van der Waals surface area contributed by atoms with E-state index in [0.717, 1.165) is 0 Å². The van der Waals surface area contributed by atoms with Gasteiger partial charge in [-0.15, -0.1) is 0 Å². The van der Waals surface area contributed by atoms with Crippen molar-refractivity contribution in [1.29, 1.82) is 0 Å². The predicted octanol–water partition coefficient (Wildman–Crippen LogP) is 2.84. The fourth-order valence-corrected chi connectivity index (χ4v) is 3.08. The van der Waals surface area contributed by atoms with Gasteiger partial charge in [0.2, 0.25) is 0 Å². The molecule has 1 aromatic carbocycles. The smallest absolute Gasteiger partial charge is 0.150 e. The second-order valence-corrected chi connectivity index (χ2v) is 7.39. The third-order valence-corrected chi connectivity index (χ3v) is 5.17. The van der Waals surface area contributed by atoms with Gasteiger partial charge in [0, 0.05) is 10.2 Å². The average molecular weight is 339 g/mol. The van der Waals surface area contributed by atoms with Crippen LogP contribution >= 0.6 is 15.9 Å². The summed E-state index contributed by atoms with van der Waals surface area (Å²) in [6.07, 6.45) is -0.0584. The molecule has 18 heavy (non-hydrogen) atoms. The Morgan fingerprint density at radius 3 is 2.67 bits per heavy atom. The van der Waals surface area contributed by atoms with E-state index in [2.05, 4.69) is 15.9 Å². The number of hydrogen-bond donors (Lipinski definition) is 1. The molecule has 1 rings (SSSR count). The van der Waals surface area contributed by atoms with Crippen LogP contribution in [0, 0.1) is 5.82 Å². The molecule has 0 heterocycles. The molecule has 0 bridgehead atoms. The zero-order valence-corrected chi connectivity index (χ0v) is 12.5. The van der Waals surface area contributed by atoms with Gasteiger partial charge in [0.15, 0.2) is 0 Å². The molecule has 0 aromatic heterocycles. The molecule has 3 nitrogen and oxygen atoms in total. The number of aliphatic hydroxyl groups is 1. The van der Waals surface area contributed by atoms with Crippen molar-refractivity contribution < 1.29 is 17.9 Å². The van der Waals surface area contributed by atoms with Crippen LogP contribution in [0.15, 0.2) is 22.7 Å². The Hall–Kier alpha value is -0.460. The Bertz CT molecular complexity index is 502. The van der Waals surface area contributed by atoms with Crippen LogP contribution in [0.2, 0.25) is 0 Å². The topological polar surface area (TPSA) is 54.4 Å². The molecule has 0 aliphatic heterocycles. The largest absolute Gasteiger partial charge is 0.388 e. The first kappa shape index (κ1) is 15.6. The van der Waals surface area contributed by atoms with Gasteiger partial charge in [0.05, 0.1) is 11.9 Å². The van der Waals surface area contributed by atoms with Crippen molar-refractivity contribution in [2.75, 3.05) is 11.5 Å². The monoisotopic (exact) mass is 338 g/mol. The number of benzene rings is 1. The maximum Gasteiger partial charge on any atom is 0.150 e. The van der Waals surface area contributed by atoms with Crippen LogP contribution in [-0.4, -0.2) is 25.0 Å². The van der Waals surface area contributed by atoms with Crippen molar-refractivity contribution in [2.24, 2.45) is 0 Å². The molecular formula is C12H16BrFO3S. The molecule has 0 radical (unpaired) electrons. The lowest BCUT2D eigenvalue weighted by atomic mass is 10.1. The fraction of sp³-hybridized carbons (Fsp3) is 0.500. The van der Waals surface area contributed by atoms with E-state index in [-0.39, 0.29) is 17.3 Å². The van der Waals surface area contributed by atoms with Gasteiger partial charge in [-0.05, 0) is 30.5 Å². The summed E-state index contributed by atoms with van der Waals surface area (Å²) in [5.74, 6) is -0.200. The van der Waals surface area contributed by atoms with Crippen LogP contribution in [0.25, 0.3) is 0 Å². The van der Waals surface area contributed by atoms with E-state index in [1.807, 2.05) is 0 Å². The van der Waals surface area contributed by atoms with Crippen LogP contribution in [0.1, 0.15) is 31.4 Å². The molecule has 1 aromatic rings. The van der Waals surface area contributed by atoms with E-state index >= 15 is 0 Å². The fourth-order valence-electron chi connectivity index (χ4n) is 1.57. The molecule has 0 saturated carbocycles. The number of aliphatic hydroxyl groups excluding tert-OH is 1. The Kier molecular flexibility index (Phi) is 5.75. The lowest BCUT2D eigenvalue weighted by Gasteiger charge is -2.12. The number of rotatable bonds is 6. The van der Waals surface area contributed by atoms with Crippen molar-refractivity contribution in [3.63, 3.8) is 0 Å². The number of halogens is 2. The van der Waals surface area contributed by atoms with Gasteiger partial charge in [-0.3, -0.25) is 0 Å². The number of hydrogen-bond acceptors (Lipinski definition) is 3. The lowest BCUT2D eigenvalue weighted by Crippen LogP contribution is -2.10. The SMILES string of the molecule is CCS(=O)(=O)CCCC(O)c1ccc(F)cc1Br. The highest BCUT2D eigenvalue weighted by Gasteiger charge is 2.14. The zero-order valence-electron chi connectivity index (χ0n) is 10.1. The van der Waals surface area contributed by atoms with Gasteiger partial charge in [0.1, 0.15) is 15.7 Å². The second kappa shape index (κ2) is 6.63. The summed E-state index contributed by atoms with van der Waals surface area (Å²) in [5.41, 5.74) is 0.574. The van der Waals surface area contributed by atoms with Crippen molar-refractivity contribution in [1.82, 2.24) is 0 Å². The molecule has 0 aliphatic carbocycles. The van der Waals surface area contributed by atoms with E-state index in [1.54, 1.807) is 6.92 Å². The predicted molar refractivity (Wildman–Crippen MR) is 72.6 cm³/mol. The summed E-state index contributed by atoms with van der Waals surface area (Å²) >= 11 is 3.17. The molecular weight excluding hydrogens is 323 g/mol. The third-order valence-electron chi connectivity index (χ3n) is 2.69. The highest BCUT2D eigenvalue weighted by Crippen LogP contribution is 2.27. The summed E-state index contributed by atoms with van der Waals surface area (Å²) in [7, 11) is -3.00. The Labute approximate surface area is 115 Å². The number of sulfone groups is 1. The van der Waals surface area contributed by atoms with Gasteiger partial charge in [-0.1, -0.05) is 28.9 Å². The summed E-state index contributed by atoms with van der Waals surface area (Å²) in [6, 6.07) is 4.05. The highest BCUT2D eigenvalue weighted by molar-refractivity contribution is 9.10. The van der Waals surface area contributed by atoms with Crippen LogP contribution in [0.3, 0.4) is 0 Å². The van der Waals surface area contributed by atoms with Crippen molar-refractivity contribution in [3.05, 3.63) is 34.1 Å². The van der Waals surface area contributed by atoms with E-state index in [4.69, 9.17) is 0 Å². The summed E-state index contributed by atoms with van der Waals surface area (Å²) in [6.45, 7) is 1.60.